The highest BCUT2D eigenvalue weighted by Crippen LogP contribution is 2.30. The topological polar surface area (TPSA) is 83.4 Å². The summed E-state index contributed by atoms with van der Waals surface area (Å²) >= 11 is 0. The second-order valence-electron chi connectivity index (χ2n) is 8.49. The van der Waals surface area contributed by atoms with Gasteiger partial charge in [-0.1, -0.05) is 6.07 Å². The molecule has 0 spiro atoms. The molecule has 2 N–H and O–H groups in total. The molecular weight excluding hydrogens is 390 g/mol. The van der Waals surface area contributed by atoms with Crippen LogP contribution in [0.15, 0.2) is 43.0 Å². The Kier molecular flexibility index (Phi) is 6.06. The average molecular weight is 420 g/mol. The number of pyridine rings is 1. The van der Waals surface area contributed by atoms with E-state index in [1.165, 1.54) is 12.8 Å². The number of nitrogens with one attached hydrogen (secondary N) is 1. The molecule has 2 aromatic heterocycles. The van der Waals surface area contributed by atoms with E-state index >= 15 is 0 Å². The lowest BCUT2D eigenvalue weighted by atomic mass is 9.90. The van der Waals surface area contributed by atoms with Crippen molar-refractivity contribution in [2.45, 2.75) is 44.4 Å². The Labute approximate surface area is 182 Å². The molecule has 0 atom stereocenters. The number of nitrogens with zero attached hydrogens (tertiary/aromatic N) is 4. The maximum Gasteiger partial charge on any atom is 0.137 e. The van der Waals surface area contributed by atoms with E-state index in [9.17, 15) is 5.11 Å². The summed E-state index contributed by atoms with van der Waals surface area (Å²) < 4.78 is 5.50. The van der Waals surface area contributed by atoms with E-state index in [-0.39, 0.29) is 6.61 Å². The van der Waals surface area contributed by atoms with Crippen LogP contribution in [-0.4, -0.2) is 63.3 Å². The Bertz CT molecular complexity index is 1030. The van der Waals surface area contributed by atoms with Crippen LogP contribution in [0, 0.1) is 0 Å². The minimum absolute atomic E-state index is 0.0164. The molecule has 1 saturated carbocycles. The van der Waals surface area contributed by atoms with Gasteiger partial charge in [0.1, 0.15) is 12.1 Å². The number of hydrogen-bond acceptors (Lipinski definition) is 7. The number of aromatic nitrogens is 3. The zero-order chi connectivity index (χ0) is 21.0. The van der Waals surface area contributed by atoms with E-state index in [0.717, 1.165) is 72.6 Å². The van der Waals surface area contributed by atoms with Crippen LogP contribution in [0.3, 0.4) is 0 Å². The Hall–Kier alpha value is -2.61. The predicted octanol–water partition coefficient (Wildman–Crippen LogP) is 3.24. The summed E-state index contributed by atoms with van der Waals surface area (Å²) in [5, 5.41) is 14.1. The fourth-order valence-corrected chi connectivity index (χ4v) is 4.80. The van der Waals surface area contributed by atoms with Crippen LogP contribution < -0.4 is 5.32 Å². The van der Waals surface area contributed by atoms with Crippen LogP contribution in [0.2, 0.25) is 0 Å². The fraction of sp³-hybridized carbons (Fsp3) is 0.458. The van der Waals surface area contributed by atoms with Crippen molar-refractivity contribution < 1.29 is 9.84 Å². The maximum atomic E-state index is 9.43. The number of morpholine rings is 1. The summed E-state index contributed by atoms with van der Waals surface area (Å²) in [6, 6.07) is 9.27. The largest absolute Gasteiger partial charge is 0.392 e. The van der Waals surface area contributed by atoms with Crippen molar-refractivity contribution in [3.05, 3.63) is 48.5 Å². The van der Waals surface area contributed by atoms with Gasteiger partial charge in [0, 0.05) is 48.5 Å². The Balaban J connectivity index is 1.33. The van der Waals surface area contributed by atoms with Crippen LogP contribution in [0.1, 0.15) is 31.2 Å². The van der Waals surface area contributed by atoms with Crippen LogP contribution in [0.25, 0.3) is 22.0 Å². The molecule has 3 aromatic rings. The van der Waals surface area contributed by atoms with Gasteiger partial charge in [-0.05, 0) is 55.0 Å². The van der Waals surface area contributed by atoms with Gasteiger partial charge in [0.25, 0.3) is 0 Å². The second kappa shape index (κ2) is 9.26. The summed E-state index contributed by atoms with van der Waals surface area (Å²) in [6.07, 6.45) is 9.87. The Morgan fingerprint density at radius 1 is 1.00 bits per heavy atom. The SMILES string of the molecule is OCc1cncc(-c2ccc3ncnc(NC4CCC(N5CCOCC5)CC4)c3c2)c1. The number of rotatable bonds is 5. The first-order valence-corrected chi connectivity index (χ1v) is 11.2. The number of anilines is 1. The van der Waals surface area contributed by atoms with Gasteiger partial charge in [0.2, 0.25) is 0 Å². The molecule has 0 amide bonds. The van der Waals surface area contributed by atoms with Crippen LogP contribution in [0.5, 0.6) is 0 Å². The lowest BCUT2D eigenvalue weighted by Crippen LogP contribution is -2.46. The quantitative estimate of drug-likeness (QED) is 0.657. The van der Waals surface area contributed by atoms with E-state index in [0.29, 0.717) is 12.1 Å². The molecule has 162 valence electrons. The lowest BCUT2D eigenvalue weighted by Gasteiger charge is -2.39. The molecule has 2 fully saturated rings. The van der Waals surface area contributed by atoms with E-state index in [2.05, 4.69) is 31.2 Å². The van der Waals surface area contributed by atoms with E-state index in [4.69, 9.17) is 4.74 Å². The first-order valence-electron chi connectivity index (χ1n) is 11.2. The van der Waals surface area contributed by atoms with Gasteiger partial charge in [-0.2, -0.15) is 0 Å². The first kappa shape index (κ1) is 20.3. The highest BCUT2D eigenvalue weighted by Gasteiger charge is 2.27. The summed E-state index contributed by atoms with van der Waals surface area (Å²) in [5.41, 5.74) is 3.75. The average Bonchev–Trinajstić information content (AvgIpc) is 2.85. The normalized spacial score (nSPS) is 22.5. The Morgan fingerprint density at radius 3 is 2.65 bits per heavy atom. The number of aliphatic hydroxyl groups excluding tert-OH is 1. The van der Waals surface area contributed by atoms with Crippen LogP contribution in [0.4, 0.5) is 5.82 Å². The molecule has 1 aromatic carbocycles. The summed E-state index contributed by atoms with van der Waals surface area (Å²) in [5.74, 6) is 0.896. The molecule has 1 saturated heterocycles. The molecule has 0 radical (unpaired) electrons. The van der Waals surface area contributed by atoms with Crippen LogP contribution >= 0.6 is 0 Å². The Morgan fingerprint density at radius 2 is 1.84 bits per heavy atom. The third-order valence-electron chi connectivity index (χ3n) is 6.55. The van der Waals surface area contributed by atoms with E-state index < -0.39 is 0 Å². The van der Waals surface area contributed by atoms with Crippen LogP contribution in [-0.2, 0) is 11.3 Å². The molecule has 1 aliphatic heterocycles. The van der Waals surface area contributed by atoms with Gasteiger partial charge in [-0.15, -0.1) is 0 Å². The summed E-state index contributed by atoms with van der Waals surface area (Å²) in [7, 11) is 0. The molecule has 0 unspecified atom stereocenters. The fourth-order valence-electron chi connectivity index (χ4n) is 4.80. The van der Waals surface area contributed by atoms with Gasteiger partial charge < -0.3 is 15.2 Å². The third kappa shape index (κ3) is 4.54. The van der Waals surface area contributed by atoms with Gasteiger partial charge in [-0.25, -0.2) is 9.97 Å². The van der Waals surface area contributed by atoms with Gasteiger partial charge in [0.05, 0.1) is 25.3 Å². The molecule has 7 nitrogen and oxygen atoms in total. The second-order valence-corrected chi connectivity index (χ2v) is 8.49. The van der Waals surface area contributed by atoms with Crippen molar-refractivity contribution in [2.75, 3.05) is 31.6 Å². The van der Waals surface area contributed by atoms with Crippen molar-refractivity contribution in [3.63, 3.8) is 0 Å². The zero-order valence-corrected chi connectivity index (χ0v) is 17.7. The van der Waals surface area contributed by atoms with Gasteiger partial charge in [0.15, 0.2) is 0 Å². The van der Waals surface area contributed by atoms with Crippen molar-refractivity contribution in [3.8, 4) is 11.1 Å². The van der Waals surface area contributed by atoms with Crippen molar-refractivity contribution >= 4 is 16.7 Å². The number of hydrogen-bond donors (Lipinski definition) is 2. The maximum absolute atomic E-state index is 9.43. The summed E-state index contributed by atoms with van der Waals surface area (Å²) in [6.45, 7) is 3.84. The number of benzene rings is 1. The number of ether oxygens (including phenoxy) is 1. The molecule has 3 heterocycles. The minimum atomic E-state index is -0.0164. The van der Waals surface area contributed by atoms with E-state index in [1.807, 2.05) is 24.4 Å². The van der Waals surface area contributed by atoms with Gasteiger partial charge in [-0.3, -0.25) is 9.88 Å². The zero-order valence-electron chi connectivity index (χ0n) is 17.7. The standard InChI is InChI=1S/C24H29N5O2/c30-15-17-11-19(14-25-13-17)18-1-6-23-22(12-18)24(27-16-26-23)28-20-2-4-21(5-3-20)29-7-9-31-10-8-29/h1,6,11-14,16,20-21,30H,2-5,7-10,15H2,(H,26,27,28). The van der Waals surface area contributed by atoms with Gasteiger partial charge >= 0.3 is 0 Å². The highest BCUT2D eigenvalue weighted by molar-refractivity contribution is 5.92. The molecule has 31 heavy (non-hydrogen) atoms. The molecule has 7 heteroatoms. The monoisotopic (exact) mass is 419 g/mol. The van der Waals surface area contributed by atoms with Crippen molar-refractivity contribution in [1.82, 2.24) is 19.9 Å². The van der Waals surface area contributed by atoms with Crippen molar-refractivity contribution in [1.29, 1.82) is 0 Å². The minimum Gasteiger partial charge on any atom is -0.392 e. The molecule has 5 rings (SSSR count). The van der Waals surface area contributed by atoms with E-state index in [1.54, 1.807) is 12.5 Å². The number of aliphatic hydroxyl groups is 1. The molecule has 2 aliphatic rings. The molecule has 1 aliphatic carbocycles. The summed E-state index contributed by atoms with van der Waals surface area (Å²) in [4.78, 5) is 15.9. The van der Waals surface area contributed by atoms with Crippen molar-refractivity contribution in [2.24, 2.45) is 0 Å². The molecular formula is C24H29N5O2. The lowest BCUT2D eigenvalue weighted by molar-refractivity contribution is 0.00791. The number of fused-ring (bicyclic) bond motifs is 1. The third-order valence-corrected chi connectivity index (χ3v) is 6.55. The smallest absolute Gasteiger partial charge is 0.137 e. The molecule has 0 bridgehead atoms. The predicted molar refractivity (Wildman–Crippen MR) is 121 cm³/mol. The first-order chi connectivity index (χ1) is 15.3. The highest BCUT2D eigenvalue weighted by atomic mass is 16.5.